The number of nitrogens with one attached hydrogen (secondary N) is 1. The lowest BCUT2D eigenvalue weighted by Gasteiger charge is -2.27. The number of benzene rings is 2. The minimum absolute atomic E-state index is 0.178. The Hall–Kier alpha value is -3.34. The Bertz CT molecular complexity index is 1160. The smallest absolute Gasteiger partial charge is 0.290 e. The van der Waals surface area contributed by atoms with Crippen molar-refractivity contribution in [3.05, 3.63) is 82.2 Å². The number of aromatic amines is 1. The van der Waals surface area contributed by atoms with Crippen molar-refractivity contribution in [1.29, 1.82) is 0 Å². The van der Waals surface area contributed by atoms with Crippen LogP contribution in [0.2, 0.25) is 0 Å². The van der Waals surface area contributed by atoms with Crippen LogP contribution in [0, 0.1) is 13.8 Å². The van der Waals surface area contributed by atoms with E-state index in [1.54, 1.807) is 4.90 Å². The number of nitrogens with zero attached hydrogens (tertiary/aromatic N) is 1. The molecule has 0 bridgehead atoms. The number of ketones is 1. The van der Waals surface area contributed by atoms with Crippen LogP contribution in [0.4, 0.5) is 0 Å². The molecule has 148 valence electrons. The van der Waals surface area contributed by atoms with Crippen molar-refractivity contribution < 1.29 is 14.7 Å². The number of H-pyrrole nitrogens is 1. The van der Waals surface area contributed by atoms with E-state index in [1.165, 1.54) is 6.92 Å². The Labute approximate surface area is 169 Å². The summed E-state index contributed by atoms with van der Waals surface area (Å²) in [7, 11) is 0. The lowest BCUT2D eigenvalue weighted by molar-refractivity contribution is -0.129. The van der Waals surface area contributed by atoms with Gasteiger partial charge in [-0.3, -0.25) is 9.59 Å². The number of carbonyl (C=O) groups excluding carboxylic acids is 2. The van der Waals surface area contributed by atoms with Crippen LogP contribution in [0.1, 0.15) is 35.2 Å². The van der Waals surface area contributed by atoms with Gasteiger partial charge in [-0.2, -0.15) is 0 Å². The first-order chi connectivity index (χ1) is 13.9. The van der Waals surface area contributed by atoms with Gasteiger partial charge in [-0.1, -0.05) is 36.4 Å². The first-order valence-electron chi connectivity index (χ1n) is 9.75. The summed E-state index contributed by atoms with van der Waals surface area (Å²) in [5.41, 5.74) is 5.39. The van der Waals surface area contributed by atoms with Gasteiger partial charge in [0.25, 0.3) is 5.91 Å². The molecule has 4 rings (SSSR count). The number of rotatable bonds is 5. The van der Waals surface area contributed by atoms with Gasteiger partial charge < -0.3 is 15.0 Å². The molecule has 1 aliphatic heterocycles. The number of Topliss-reactive ketones (excluding diaryl/α,β-unsaturated/α-hetero) is 1. The molecule has 1 aliphatic rings. The molecule has 2 N–H and O–H groups in total. The molecule has 1 unspecified atom stereocenters. The first kappa shape index (κ1) is 19.0. The number of aliphatic hydroxyl groups is 1. The molecule has 2 aromatic carbocycles. The predicted octanol–water partition coefficient (Wildman–Crippen LogP) is 4.31. The van der Waals surface area contributed by atoms with Crippen molar-refractivity contribution >= 4 is 22.6 Å². The fourth-order valence-electron chi connectivity index (χ4n) is 4.10. The van der Waals surface area contributed by atoms with Gasteiger partial charge in [-0.25, -0.2) is 0 Å². The normalized spacial score (nSPS) is 16.9. The number of aromatic nitrogens is 1. The van der Waals surface area contributed by atoms with E-state index in [2.05, 4.69) is 4.98 Å². The molecule has 5 nitrogen and oxygen atoms in total. The highest BCUT2D eigenvalue weighted by atomic mass is 16.3. The highest BCUT2D eigenvalue weighted by Crippen LogP contribution is 2.38. The second-order valence-corrected chi connectivity index (χ2v) is 7.67. The maximum absolute atomic E-state index is 12.8. The van der Waals surface area contributed by atoms with Gasteiger partial charge in [0, 0.05) is 23.6 Å². The lowest BCUT2D eigenvalue weighted by Crippen LogP contribution is -2.33. The highest BCUT2D eigenvalue weighted by Gasteiger charge is 2.42. The van der Waals surface area contributed by atoms with E-state index in [0.29, 0.717) is 13.0 Å². The zero-order valence-electron chi connectivity index (χ0n) is 16.8. The molecule has 1 amide bonds. The summed E-state index contributed by atoms with van der Waals surface area (Å²) in [6.45, 7) is 5.82. The molecule has 0 aliphatic carbocycles. The average Bonchev–Trinajstić information content (AvgIpc) is 3.22. The van der Waals surface area contributed by atoms with Crippen LogP contribution in [0.25, 0.3) is 10.9 Å². The quantitative estimate of drug-likeness (QED) is 0.684. The highest BCUT2D eigenvalue weighted by molar-refractivity contribution is 6.08. The average molecular weight is 388 g/mol. The fraction of sp³-hybridized carbons (Fsp3) is 0.250. The van der Waals surface area contributed by atoms with Crippen molar-refractivity contribution in [2.45, 2.75) is 33.2 Å². The molecule has 0 fully saturated rings. The van der Waals surface area contributed by atoms with Gasteiger partial charge in [0.2, 0.25) is 0 Å². The van der Waals surface area contributed by atoms with E-state index in [9.17, 15) is 14.7 Å². The van der Waals surface area contributed by atoms with Gasteiger partial charge in [0.05, 0.1) is 11.6 Å². The van der Waals surface area contributed by atoms with Crippen LogP contribution in [0.3, 0.4) is 0 Å². The Morgan fingerprint density at radius 3 is 2.62 bits per heavy atom. The molecule has 2 heterocycles. The number of hydrogen-bond acceptors (Lipinski definition) is 3. The van der Waals surface area contributed by atoms with Crippen molar-refractivity contribution in [2.24, 2.45) is 0 Å². The number of amides is 1. The summed E-state index contributed by atoms with van der Waals surface area (Å²) < 4.78 is 0. The molecule has 0 radical (unpaired) electrons. The van der Waals surface area contributed by atoms with E-state index in [0.717, 1.165) is 33.2 Å². The molecule has 0 saturated carbocycles. The molecular formula is C24H24N2O3. The third-order valence-corrected chi connectivity index (χ3v) is 5.83. The second kappa shape index (κ2) is 7.24. The molecule has 29 heavy (non-hydrogen) atoms. The Morgan fingerprint density at radius 2 is 1.90 bits per heavy atom. The molecule has 5 heteroatoms. The molecule has 3 aromatic rings. The van der Waals surface area contributed by atoms with Gasteiger partial charge in [-0.15, -0.1) is 0 Å². The lowest BCUT2D eigenvalue weighted by atomic mass is 9.94. The zero-order chi connectivity index (χ0) is 20.7. The first-order valence-corrected chi connectivity index (χ1v) is 9.75. The molecule has 1 aromatic heterocycles. The Balaban J connectivity index is 1.69. The van der Waals surface area contributed by atoms with Gasteiger partial charge >= 0.3 is 0 Å². The van der Waals surface area contributed by atoms with Crippen LogP contribution in [-0.2, 0) is 16.0 Å². The SMILES string of the molecule is CC(=O)C1=C(O)C(=O)N(CCc2c[nH]c3ccccc23)C1c1ccc(C)c(C)c1. The summed E-state index contributed by atoms with van der Waals surface area (Å²) in [5, 5.41) is 11.6. The van der Waals surface area contributed by atoms with Gasteiger partial charge in [0.1, 0.15) is 0 Å². The predicted molar refractivity (Wildman–Crippen MR) is 113 cm³/mol. The third-order valence-electron chi connectivity index (χ3n) is 5.83. The van der Waals surface area contributed by atoms with E-state index in [4.69, 9.17) is 0 Å². The van der Waals surface area contributed by atoms with Gasteiger partial charge in [-0.05, 0) is 55.5 Å². The van der Waals surface area contributed by atoms with E-state index >= 15 is 0 Å². The maximum atomic E-state index is 12.8. The topological polar surface area (TPSA) is 73.4 Å². The number of hydrogen-bond donors (Lipinski definition) is 2. The van der Waals surface area contributed by atoms with Crippen LogP contribution in [0.15, 0.2) is 60.0 Å². The number of aryl methyl sites for hydroxylation is 2. The Kier molecular flexibility index (Phi) is 4.74. The van der Waals surface area contributed by atoms with Crippen molar-refractivity contribution in [1.82, 2.24) is 9.88 Å². The summed E-state index contributed by atoms with van der Waals surface area (Å²) in [6.07, 6.45) is 2.57. The van der Waals surface area contributed by atoms with Crippen LogP contribution < -0.4 is 0 Å². The molecule has 0 saturated heterocycles. The van der Waals surface area contributed by atoms with Crippen molar-refractivity contribution in [3.8, 4) is 0 Å². The van der Waals surface area contributed by atoms with Gasteiger partial charge in [0.15, 0.2) is 11.5 Å². The molecule has 0 spiro atoms. The number of aliphatic hydroxyl groups excluding tert-OH is 1. The van der Waals surface area contributed by atoms with Crippen molar-refractivity contribution in [3.63, 3.8) is 0 Å². The summed E-state index contributed by atoms with van der Waals surface area (Å²) in [5.74, 6) is -1.20. The summed E-state index contributed by atoms with van der Waals surface area (Å²) in [6, 6.07) is 13.4. The molecule has 1 atom stereocenters. The minimum atomic E-state index is -0.565. The van der Waals surface area contributed by atoms with E-state index in [-0.39, 0.29) is 11.4 Å². The monoisotopic (exact) mass is 388 g/mol. The number of carbonyl (C=O) groups is 2. The number of para-hydroxylation sites is 1. The van der Waals surface area contributed by atoms with Crippen LogP contribution >= 0.6 is 0 Å². The van der Waals surface area contributed by atoms with Crippen LogP contribution in [-0.4, -0.2) is 33.2 Å². The summed E-state index contributed by atoms with van der Waals surface area (Å²) >= 11 is 0. The Morgan fingerprint density at radius 1 is 1.14 bits per heavy atom. The van der Waals surface area contributed by atoms with Crippen LogP contribution in [0.5, 0.6) is 0 Å². The van der Waals surface area contributed by atoms with Crippen molar-refractivity contribution in [2.75, 3.05) is 6.54 Å². The molecular weight excluding hydrogens is 364 g/mol. The summed E-state index contributed by atoms with van der Waals surface area (Å²) in [4.78, 5) is 30.0. The number of fused-ring (bicyclic) bond motifs is 1. The third kappa shape index (κ3) is 3.23. The largest absolute Gasteiger partial charge is 0.503 e. The standard InChI is InChI=1S/C24H24N2O3/c1-14-8-9-17(12-15(14)2)22-21(16(3)27)23(28)24(29)26(22)11-10-18-13-25-20-7-5-4-6-19(18)20/h4-9,12-13,22,25,28H,10-11H2,1-3H3. The second-order valence-electron chi connectivity index (χ2n) is 7.67. The van der Waals surface area contributed by atoms with E-state index in [1.807, 2.05) is 62.5 Å². The van der Waals surface area contributed by atoms with E-state index < -0.39 is 17.7 Å². The fourth-order valence-corrected chi connectivity index (χ4v) is 4.10. The maximum Gasteiger partial charge on any atom is 0.290 e. The minimum Gasteiger partial charge on any atom is -0.503 e. The zero-order valence-corrected chi connectivity index (χ0v) is 16.8.